The Kier molecular flexibility index (Phi) is 36.2. The number of allylic oxidation sites excluding steroid dienone is 6. The van der Waals surface area contributed by atoms with Crippen LogP contribution in [0, 0.1) is 0 Å². The number of hydrogen-bond acceptors (Lipinski definition) is 9. The second kappa shape index (κ2) is 37.5. The Balaban J connectivity index is 4.37. The second-order valence-electron chi connectivity index (χ2n) is 13.7. The number of hydrogen-bond donors (Lipinski definition) is 3. The first-order valence-corrected chi connectivity index (χ1v) is 21.9. The van der Waals surface area contributed by atoms with Gasteiger partial charge in [0.05, 0.1) is 19.8 Å². The number of aliphatic hydroxyl groups excluding tert-OH is 2. The van der Waals surface area contributed by atoms with Crippen molar-refractivity contribution in [1.29, 1.82) is 0 Å². The molecular formula is C41H75O10P. The van der Waals surface area contributed by atoms with Gasteiger partial charge in [-0.2, -0.15) is 0 Å². The molecule has 0 aliphatic carbocycles. The van der Waals surface area contributed by atoms with E-state index in [9.17, 15) is 24.2 Å². The first kappa shape index (κ1) is 50.2. The maximum Gasteiger partial charge on any atom is 0.472 e. The number of unbranched alkanes of at least 4 members (excludes halogenated alkanes) is 18. The van der Waals surface area contributed by atoms with Crippen LogP contribution in [-0.2, 0) is 32.7 Å². The molecule has 0 aromatic heterocycles. The topological polar surface area (TPSA) is 149 Å². The van der Waals surface area contributed by atoms with Crippen LogP contribution in [0.4, 0.5) is 0 Å². The number of aliphatic hydroxyl groups is 2. The summed E-state index contributed by atoms with van der Waals surface area (Å²) in [7, 11) is -4.62. The summed E-state index contributed by atoms with van der Waals surface area (Å²) in [6.45, 7) is 2.32. The Morgan fingerprint density at radius 3 is 1.54 bits per heavy atom. The zero-order valence-electron chi connectivity index (χ0n) is 32.8. The van der Waals surface area contributed by atoms with Gasteiger partial charge in [-0.3, -0.25) is 18.6 Å². The summed E-state index contributed by atoms with van der Waals surface area (Å²) in [5.74, 6) is -0.949. The van der Waals surface area contributed by atoms with E-state index in [4.69, 9.17) is 19.1 Å². The molecule has 0 amide bonds. The highest BCUT2D eigenvalue weighted by Crippen LogP contribution is 2.43. The summed E-state index contributed by atoms with van der Waals surface area (Å²) in [5.41, 5.74) is 0. The summed E-state index contributed by atoms with van der Waals surface area (Å²) in [6, 6.07) is 0. The van der Waals surface area contributed by atoms with Crippen LogP contribution < -0.4 is 0 Å². The van der Waals surface area contributed by atoms with Crippen molar-refractivity contribution >= 4 is 19.8 Å². The molecule has 0 aromatic rings. The number of phosphoric ester groups is 1. The number of ether oxygens (including phenoxy) is 2. The van der Waals surface area contributed by atoms with Crippen molar-refractivity contribution < 1.29 is 47.8 Å². The monoisotopic (exact) mass is 759 g/mol. The minimum Gasteiger partial charge on any atom is -0.462 e. The van der Waals surface area contributed by atoms with Gasteiger partial charge in [0.1, 0.15) is 12.7 Å². The number of rotatable bonds is 38. The fourth-order valence-electron chi connectivity index (χ4n) is 5.35. The van der Waals surface area contributed by atoms with Gasteiger partial charge >= 0.3 is 19.8 Å². The first-order valence-electron chi connectivity index (χ1n) is 20.4. The van der Waals surface area contributed by atoms with E-state index in [2.05, 4.69) is 54.8 Å². The molecule has 0 saturated carbocycles. The van der Waals surface area contributed by atoms with Crippen LogP contribution in [-0.4, -0.2) is 65.7 Å². The molecule has 0 rings (SSSR count). The van der Waals surface area contributed by atoms with Crippen molar-refractivity contribution in [3.8, 4) is 0 Å². The first-order chi connectivity index (χ1) is 25.2. The van der Waals surface area contributed by atoms with Gasteiger partial charge in [-0.15, -0.1) is 0 Å². The largest absolute Gasteiger partial charge is 0.472 e. The number of esters is 2. The van der Waals surface area contributed by atoms with E-state index in [-0.39, 0.29) is 19.4 Å². The van der Waals surface area contributed by atoms with E-state index >= 15 is 0 Å². The molecule has 0 fully saturated rings. The van der Waals surface area contributed by atoms with Crippen molar-refractivity contribution in [2.24, 2.45) is 0 Å². The zero-order chi connectivity index (χ0) is 38.4. The van der Waals surface area contributed by atoms with Crippen molar-refractivity contribution in [2.45, 2.75) is 187 Å². The lowest BCUT2D eigenvalue weighted by atomic mass is 10.0. The summed E-state index contributed by atoms with van der Waals surface area (Å²) in [4.78, 5) is 34.9. The van der Waals surface area contributed by atoms with Gasteiger partial charge in [0.15, 0.2) is 6.10 Å². The van der Waals surface area contributed by atoms with Gasteiger partial charge in [-0.1, -0.05) is 147 Å². The molecule has 1 unspecified atom stereocenters. The molecule has 0 aromatic carbocycles. The van der Waals surface area contributed by atoms with Gasteiger partial charge in [-0.25, -0.2) is 4.57 Å². The van der Waals surface area contributed by atoms with Gasteiger partial charge in [0.2, 0.25) is 0 Å². The van der Waals surface area contributed by atoms with Crippen LogP contribution in [0.2, 0.25) is 0 Å². The molecule has 0 spiro atoms. The van der Waals surface area contributed by atoms with Crippen molar-refractivity contribution in [3.05, 3.63) is 36.5 Å². The molecule has 304 valence electrons. The highest BCUT2D eigenvalue weighted by molar-refractivity contribution is 7.47. The molecule has 0 heterocycles. The molecule has 11 heteroatoms. The second-order valence-corrected chi connectivity index (χ2v) is 15.1. The third kappa shape index (κ3) is 36.5. The van der Waals surface area contributed by atoms with Crippen LogP contribution in [0.5, 0.6) is 0 Å². The number of phosphoric acid groups is 1. The smallest absolute Gasteiger partial charge is 0.462 e. The number of carbonyl (C=O) groups is 2. The molecule has 0 bridgehead atoms. The molecular weight excluding hydrogens is 683 g/mol. The van der Waals surface area contributed by atoms with E-state index in [0.717, 1.165) is 57.8 Å². The highest BCUT2D eigenvalue weighted by atomic mass is 31.2. The Labute approximate surface area is 316 Å². The summed E-state index contributed by atoms with van der Waals surface area (Å²) < 4.78 is 32.6. The molecule has 3 N–H and O–H groups in total. The lowest BCUT2D eigenvalue weighted by Crippen LogP contribution is -2.29. The lowest BCUT2D eigenvalue weighted by molar-refractivity contribution is -0.161. The van der Waals surface area contributed by atoms with Gasteiger partial charge < -0.3 is 24.6 Å². The SMILES string of the molecule is CCCCC/C=C\C/C=C\C/C=C\CCCCCCC(=O)O[C@H](COC(=O)CCCCCCCCCCCCCC)COP(=O)(O)OC[C@@H](O)CO. The summed E-state index contributed by atoms with van der Waals surface area (Å²) >= 11 is 0. The Morgan fingerprint density at radius 2 is 1.00 bits per heavy atom. The van der Waals surface area contributed by atoms with Crippen molar-refractivity contribution in [3.63, 3.8) is 0 Å². The normalized spacial score (nSPS) is 14.3. The Bertz CT molecular complexity index is 967. The average Bonchev–Trinajstić information content (AvgIpc) is 3.13. The molecule has 52 heavy (non-hydrogen) atoms. The van der Waals surface area contributed by atoms with Crippen LogP contribution in [0.25, 0.3) is 0 Å². The maximum absolute atomic E-state index is 12.6. The number of carbonyl (C=O) groups excluding carboxylic acids is 2. The van der Waals surface area contributed by atoms with Crippen molar-refractivity contribution in [2.75, 3.05) is 26.4 Å². The van der Waals surface area contributed by atoms with E-state index in [1.807, 2.05) is 0 Å². The Morgan fingerprint density at radius 1 is 0.577 bits per heavy atom. The van der Waals surface area contributed by atoms with Crippen LogP contribution in [0.3, 0.4) is 0 Å². The molecule has 3 atom stereocenters. The molecule has 0 radical (unpaired) electrons. The van der Waals surface area contributed by atoms with Crippen LogP contribution in [0.1, 0.15) is 174 Å². The van der Waals surface area contributed by atoms with Crippen LogP contribution >= 0.6 is 7.82 Å². The minimum absolute atomic E-state index is 0.160. The predicted octanol–water partition coefficient (Wildman–Crippen LogP) is 10.4. The van der Waals surface area contributed by atoms with E-state index in [1.165, 1.54) is 77.0 Å². The zero-order valence-corrected chi connectivity index (χ0v) is 33.7. The fourth-order valence-corrected chi connectivity index (χ4v) is 6.14. The van der Waals surface area contributed by atoms with Gasteiger partial charge in [0, 0.05) is 12.8 Å². The predicted molar refractivity (Wildman–Crippen MR) is 210 cm³/mol. The lowest BCUT2D eigenvalue weighted by Gasteiger charge is -2.20. The van der Waals surface area contributed by atoms with E-state index in [0.29, 0.717) is 12.8 Å². The minimum atomic E-state index is -4.62. The van der Waals surface area contributed by atoms with Gasteiger partial charge in [-0.05, 0) is 51.4 Å². The Hall–Kier alpha value is -1.81. The molecule has 10 nitrogen and oxygen atoms in total. The third-order valence-electron chi connectivity index (χ3n) is 8.55. The summed E-state index contributed by atoms with van der Waals surface area (Å²) in [5, 5.41) is 18.3. The molecule has 0 aliphatic heterocycles. The standard InChI is InChI=1S/C41H75O10P/c1-3-5-7-9-11-13-15-17-18-19-20-21-23-25-27-29-31-33-41(45)51-39(37-50-52(46,47)49-35-38(43)34-42)36-48-40(44)32-30-28-26-24-22-16-14-12-10-8-6-4-2/h11,13,17-18,20-21,38-39,42-43H,3-10,12,14-16,19,22-37H2,1-2H3,(H,46,47)/b13-11-,18-17-,21-20-/t38-,39+/m0/s1. The van der Waals surface area contributed by atoms with Gasteiger partial charge in [0.25, 0.3) is 0 Å². The average molecular weight is 759 g/mol. The van der Waals surface area contributed by atoms with E-state index in [1.54, 1.807) is 0 Å². The molecule has 0 saturated heterocycles. The maximum atomic E-state index is 12.6. The quantitative estimate of drug-likeness (QED) is 0.0240. The van der Waals surface area contributed by atoms with E-state index < -0.39 is 51.8 Å². The fraction of sp³-hybridized carbons (Fsp3) is 0.805. The molecule has 0 aliphatic rings. The van der Waals surface area contributed by atoms with Crippen LogP contribution in [0.15, 0.2) is 36.5 Å². The third-order valence-corrected chi connectivity index (χ3v) is 9.50. The summed E-state index contributed by atoms with van der Waals surface area (Å²) in [6.07, 6.45) is 36.8. The highest BCUT2D eigenvalue weighted by Gasteiger charge is 2.27. The van der Waals surface area contributed by atoms with Crippen molar-refractivity contribution in [1.82, 2.24) is 0 Å².